The van der Waals surface area contributed by atoms with Crippen LogP contribution in [-0.2, 0) is 0 Å². The highest BCUT2D eigenvalue weighted by Gasteiger charge is 2.06. The Bertz CT molecular complexity index is 856. The van der Waals surface area contributed by atoms with E-state index in [1.165, 1.54) is 6.07 Å². The van der Waals surface area contributed by atoms with Crippen molar-refractivity contribution >= 4 is 0 Å². The van der Waals surface area contributed by atoms with Gasteiger partial charge in [-0.3, -0.25) is 0 Å². The largest absolute Gasteiger partial charge is 0.423 e. The summed E-state index contributed by atoms with van der Waals surface area (Å²) in [6, 6.07) is 21.9. The second kappa shape index (κ2) is 5.48. The van der Waals surface area contributed by atoms with E-state index in [1.54, 1.807) is 12.1 Å². The van der Waals surface area contributed by atoms with Crippen LogP contribution in [0.1, 0.15) is 5.56 Å². The molecule has 2 aromatic carbocycles. The smallest absolute Gasteiger partial charge is 0.336 e. The van der Waals surface area contributed by atoms with Crippen molar-refractivity contribution in [3.05, 3.63) is 82.7 Å². The minimum absolute atomic E-state index is 0.393. The van der Waals surface area contributed by atoms with Crippen LogP contribution in [0.25, 0.3) is 22.5 Å². The van der Waals surface area contributed by atoms with Crippen LogP contribution in [0.15, 0.2) is 75.9 Å². The first-order valence-corrected chi connectivity index (χ1v) is 6.47. The molecular weight excluding hydrogens is 262 g/mol. The third-order valence-electron chi connectivity index (χ3n) is 3.18. The van der Waals surface area contributed by atoms with E-state index in [0.29, 0.717) is 11.3 Å². The number of rotatable bonds is 2. The summed E-state index contributed by atoms with van der Waals surface area (Å²) >= 11 is 0. The van der Waals surface area contributed by atoms with Crippen LogP contribution in [0.3, 0.4) is 0 Å². The number of hydrogen-bond donors (Lipinski definition) is 0. The third-order valence-corrected chi connectivity index (χ3v) is 3.18. The Balaban J connectivity index is 2.10. The summed E-state index contributed by atoms with van der Waals surface area (Å²) in [5.74, 6) is 0.530. The van der Waals surface area contributed by atoms with Crippen molar-refractivity contribution < 1.29 is 4.42 Å². The van der Waals surface area contributed by atoms with Crippen LogP contribution in [0.4, 0.5) is 0 Å². The molecule has 3 aromatic rings. The van der Waals surface area contributed by atoms with Crippen molar-refractivity contribution in [1.29, 1.82) is 5.26 Å². The summed E-state index contributed by atoms with van der Waals surface area (Å²) in [4.78, 5) is 11.8. The van der Waals surface area contributed by atoms with E-state index in [-0.39, 0.29) is 0 Å². The SMILES string of the molecule is N#Cc1ccc(-c2cc(-c3ccccc3)oc(=O)c2)cc1. The minimum atomic E-state index is -0.393. The van der Waals surface area contributed by atoms with Crippen LogP contribution in [-0.4, -0.2) is 0 Å². The van der Waals surface area contributed by atoms with Crippen LogP contribution in [0.5, 0.6) is 0 Å². The van der Waals surface area contributed by atoms with Gasteiger partial charge in [-0.15, -0.1) is 0 Å². The quantitative estimate of drug-likeness (QED) is 0.712. The second-order valence-electron chi connectivity index (χ2n) is 4.58. The fourth-order valence-corrected chi connectivity index (χ4v) is 2.13. The van der Waals surface area contributed by atoms with E-state index in [0.717, 1.165) is 16.7 Å². The zero-order valence-corrected chi connectivity index (χ0v) is 11.1. The molecule has 3 nitrogen and oxygen atoms in total. The normalized spacial score (nSPS) is 10.0. The lowest BCUT2D eigenvalue weighted by molar-refractivity contribution is 0.526. The zero-order chi connectivity index (χ0) is 14.7. The molecule has 21 heavy (non-hydrogen) atoms. The van der Waals surface area contributed by atoms with Crippen LogP contribution in [0.2, 0.25) is 0 Å². The Morgan fingerprint density at radius 3 is 2.19 bits per heavy atom. The van der Waals surface area contributed by atoms with Crippen molar-refractivity contribution in [3.8, 4) is 28.5 Å². The van der Waals surface area contributed by atoms with Gasteiger partial charge in [0.2, 0.25) is 0 Å². The van der Waals surface area contributed by atoms with Crippen LogP contribution in [0, 0.1) is 11.3 Å². The van der Waals surface area contributed by atoms with Crippen LogP contribution < -0.4 is 5.63 Å². The summed E-state index contributed by atoms with van der Waals surface area (Å²) in [5, 5.41) is 8.82. The molecular formula is C18H11NO2. The lowest BCUT2D eigenvalue weighted by Crippen LogP contribution is -1.98. The van der Waals surface area contributed by atoms with Gasteiger partial charge in [-0.1, -0.05) is 42.5 Å². The lowest BCUT2D eigenvalue weighted by Gasteiger charge is -2.04. The first-order chi connectivity index (χ1) is 10.3. The number of nitriles is 1. The van der Waals surface area contributed by atoms with Crippen LogP contribution >= 0.6 is 0 Å². The van der Waals surface area contributed by atoms with Gasteiger partial charge < -0.3 is 4.42 Å². The maximum Gasteiger partial charge on any atom is 0.336 e. The van der Waals surface area contributed by atoms with Crippen molar-refractivity contribution in [2.45, 2.75) is 0 Å². The lowest BCUT2D eigenvalue weighted by atomic mass is 10.0. The number of nitrogens with zero attached hydrogens (tertiary/aromatic N) is 1. The molecule has 0 fully saturated rings. The Morgan fingerprint density at radius 1 is 0.810 bits per heavy atom. The van der Waals surface area contributed by atoms with Gasteiger partial charge >= 0.3 is 5.63 Å². The molecule has 0 saturated carbocycles. The molecule has 0 amide bonds. The van der Waals surface area contributed by atoms with Gasteiger partial charge in [0, 0.05) is 11.6 Å². The van der Waals surface area contributed by atoms with Gasteiger partial charge in [0.05, 0.1) is 11.6 Å². The Labute approximate surface area is 121 Å². The topological polar surface area (TPSA) is 54.0 Å². The highest BCUT2D eigenvalue weighted by molar-refractivity contribution is 5.69. The molecule has 0 bridgehead atoms. The average Bonchev–Trinajstić information content (AvgIpc) is 2.55. The van der Waals surface area contributed by atoms with E-state index < -0.39 is 5.63 Å². The summed E-state index contributed by atoms with van der Waals surface area (Å²) in [7, 11) is 0. The molecule has 0 radical (unpaired) electrons. The molecule has 0 atom stereocenters. The summed E-state index contributed by atoms with van der Waals surface area (Å²) < 4.78 is 5.26. The molecule has 0 N–H and O–H groups in total. The highest BCUT2D eigenvalue weighted by Crippen LogP contribution is 2.24. The van der Waals surface area contributed by atoms with Gasteiger partial charge in [-0.05, 0) is 29.3 Å². The first kappa shape index (κ1) is 12.9. The average molecular weight is 273 g/mol. The van der Waals surface area contributed by atoms with E-state index in [4.69, 9.17) is 9.68 Å². The summed E-state index contributed by atoms with van der Waals surface area (Å²) in [6.07, 6.45) is 0. The molecule has 0 aliphatic rings. The van der Waals surface area contributed by atoms with E-state index >= 15 is 0 Å². The fourth-order valence-electron chi connectivity index (χ4n) is 2.13. The molecule has 0 spiro atoms. The van der Waals surface area contributed by atoms with Gasteiger partial charge in [-0.2, -0.15) is 5.26 Å². The maximum atomic E-state index is 11.8. The van der Waals surface area contributed by atoms with E-state index in [1.807, 2.05) is 48.5 Å². The van der Waals surface area contributed by atoms with Gasteiger partial charge in [-0.25, -0.2) is 4.79 Å². The molecule has 100 valence electrons. The molecule has 0 unspecified atom stereocenters. The Morgan fingerprint density at radius 2 is 1.52 bits per heavy atom. The van der Waals surface area contributed by atoms with Crippen molar-refractivity contribution in [3.63, 3.8) is 0 Å². The molecule has 3 heteroatoms. The van der Waals surface area contributed by atoms with Gasteiger partial charge in [0.15, 0.2) is 0 Å². The number of benzene rings is 2. The molecule has 0 saturated heterocycles. The van der Waals surface area contributed by atoms with E-state index in [2.05, 4.69) is 6.07 Å². The predicted molar refractivity (Wildman–Crippen MR) is 80.6 cm³/mol. The third kappa shape index (κ3) is 2.75. The minimum Gasteiger partial charge on any atom is -0.423 e. The molecule has 0 aliphatic carbocycles. The van der Waals surface area contributed by atoms with Gasteiger partial charge in [0.1, 0.15) is 5.76 Å². The molecule has 0 aliphatic heterocycles. The molecule has 3 rings (SSSR count). The fraction of sp³-hybridized carbons (Fsp3) is 0. The predicted octanol–water partition coefficient (Wildman–Crippen LogP) is 3.85. The molecule has 1 heterocycles. The zero-order valence-electron chi connectivity index (χ0n) is 11.1. The van der Waals surface area contributed by atoms with Crippen molar-refractivity contribution in [2.75, 3.05) is 0 Å². The standard InChI is InChI=1S/C18H11NO2/c19-12-13-6-8-14(9-7-13)16-10-17(21-18(20)11-16)15-4-2-1-3-5-15/h1-11H. The first-order valence-electron chi connectivity index (χ1n) is 6.47. The summed E-state index contributed by atoms with van der Waals surface area (Å²) in [6.45, 7) is 0. The monoisotopic (exact) mass is 273 g/mol. The maximum absolute atomic E-state index is 11.8. The molecule has 1 aromatic heterocycles. The van der Waals surface area contributed by atoms with Crippen molar-refractivity contribution in [2.24, 2.45) is 0 Å². The summed E-state index contributed by atoms with van der Waals surface area (Å²) in [5.41, 5.74) is 2.69. The van der Waals surface area contributed by atoms with E-state index in [9.17, 15) is 4.79 Å². The highest BCUT2D eigenvalue weighted by atomic mass is 16.4. The number of hydrogen-bond acceptors (Lipinski definition) is 3. The van der Waals surface area contributed by atoms with Crippen molar-refractivity contribution in [1.82, 2.24) is 0 Å². The second-order valence-corrected chi connectivity index (χ2v) is 4.58. The van der Waals surface area contributed by atoms with Gasteiger partial charge in [0.25, 0.3) is 0 Å². The Hall–Kier alpha value is -3.12. The Kier molecular flexibility index (Phi) is 3.36.